The summed E-state index contributed by atoms with van der Waals surface area (Å²) < 4.78 is 11.0. The molecule has 3 rings (SSSR count). The van der Waals surface area contributed by atoms with Crippen LogP contribution in [-0.4, -0.2) is 49.7 Å². The SMILES string of the molecule is CC1CN(C(=O)c2ccc3c(c2)OCCO3)CCN1.Cl. The van der Waals surface area contributed by atoms with Crippen molar-refractivity contribution < 1.29 is 14.3 Å². The smallest absolute Gasteiger partial charge is 0.254 e. The predicted molar refractivity (Wildman–Crippen MR) is 78.0 cm³/mol. The van der Waals surface area contributed by atoms with Gasteiger partial charge in [0.15, 0.2) is 11.5 Å². The normalized spacial score (nSPS) is 21.1. The summed E-state index contributed by atoms with van der Waals surface area (Å²) >= 11 is 0. The summed E-state index contributed by atoms with van der Waals surface area (Å²) in [6, 6.07) is 5.74. The number of carbonyl (C=O) groups is 1. The highest BCUT2D eigenvalue weighted by Crippen LogP contribution is 2.31. The minimum absolute atomic E-state index is 0. The van der Waals surface area contributed by atoms with E-state index in [1.165, 1.54) is 0 Å². The van der Waals surface area contributed by atoms with E-state index >= 15 is 0 Å². The molecular formula is C14H19ClN2O3. The first-order valence-electron chi connectivity index (χ1n) is 6.66. The molecule has 0 saturated carbocycles. The predicted octanol–water partition coefficient (Wildman–Crippen LogP) is 1.31. The van der Waals surface area contributed by atoms with Crippen LogP contribution >= 0.6 is 12.4 Å². The molecule has 1 fully saturated rings. The topological polar surface area (TPSA) is 50.8 Å². The quantitative estimate of drug-likeness (QED) is 0.849. The lowest BCUT2D eigenvalue weighted by Gasteiger charge is -2.32. The van der Waals surface area contributed by atoms with Gasteiger partial charge in [-0.2, -0.15) is 0 Å². The molecule has 0 spiro atoms. The Balaban J connectivity index is 0.00000147. The van der Waals surface area contributed by atoms with Gasteiger partial charge in [0, 0.05) is 31.2 Å². The molecule has 1 N–H and O–H groups in total. The van der Waals surface area contributed by atoms with E-state index < -0.39 is 0 Å². The van der Waals surface area contributed by atoms with Crippen LogP contribution in [0, 0.1) is 0 Å². The van der Waals surface area contributed by atoms with Gasteiger partial charge in [0.2, 0.25) is 0 Å². The van der Waals surface area contributed by atoms with E-state index in [1.54, 1.807) is 6.07 Å². The maximum Gasteiger partial charge on any atom is 0.254 e. The van der Waals surface area contributed by atoms with Crippen LogP contribution in [0.15, 0.2) is 18.2 Å². The molecule has 1 atom stereocenters. The van der Waals surface area contributed by atoms with Crippen molar-refractivity contribution >= 4 is 18.3 Å². The van der Waals surface area contributed by atoms with Crippen LogP contribution in [-0.2, 0) is 0 Å². The summed E-state index contributed by atoms with van der Waals surface area (Å²) in [5, 5.41) is 3.33. The van der Waals surface area contributed by atoms with Crippen molar-refractivity contribution in [2.75, 3.05) is 32.8 Å². The van der Waals surface area contributed by atoms with Gasteiger partial charge < -0.3 is 19.7 Å². The Morgan fingerprint density at radius 1 is 1.30 bits per heavy atom. The van der Waals surface area contributed by atoms with E-state index in [-0.39, 0.29) is 18.3 Å². The van der Waals surface area contributed by atoms with E-state index in [2.05, 4.69) is 12.2 Å². The van der Waals surface area contributed by atoms with Gasteiger partial charge >= 0.3 is 0 Å². The van der Waals surface area contributed by atoms with Crippen molar-refractivity contribution in [3.8, 4) is 11.5 Å². The second-order valence-electron chi connectivity index (χ2n) is 4.96. The van der Waals surface area contributed by atoms with Gasteiger partial charge in [-0.1, -0.05) is 0 Å². The highest BCUT2D eigenvalue weighted by Gasteiger charge is 2.23. The van der Waals surface area contributed by atoms with Crippen LogP contribution < -0.4 is 14.8 Å². The molecule has 2 aliphatic rings. The van der Waals surface area contributed by atoms with Crippen molar-refractivity contribution in [1.29, 1.82) is 0 Å². The molecule has 5 nitrogen and oxygen atoms in total. The number of halogens is 1. The van der Waals surface area contributed by atoms with Gasteiger partial charge in [0.05, 0.1) is 0 Å². The number of carbonyl (C=O) groups excluding carboxylic acids is 1. The molecule has 0 aromatic heterocycles. The van der Waals surface area contributed by atoms with Crippen molar-refractivity contribution in [2.45, 2.75) is 13.0 Å². The Bertz CT molecular complexity index is 495. The molecule has 1 aromatic carbocycles. The van der Waals surface area contributed by atoms with Crippen LogP contribution in [0.5, 0.6) is 11.5 Å². The largest absolute Gasteiger partial charge is 0.486 e. The van der Waals surface area contributed by atoms with Crippen molar-refractivity contribution in [3.05, 3.63) is 23.8 Å². The fourth-order valence-electron chi connectivity index (χ4n) is 2.48. The van der Waals surface area contributed by atoms with Gasteiger partial charge in [-0.25, -0.2) is 0 Å². The third-order valence-corrected chi connectivity index (χ3v) is 3.45. The van der Waals surface area contributed by atoms with E-state index in [0.717, 1.165) is 25.4 Å². The summed E-state index contributed by atoms with van der Waals surface area (Å²) in [6.45, 7) is 5.52. The minimum Gasteiger partial charge on any atom is -0.486 e. The average Bonchev–Trinajstić information content (AvgIpc) is 2.46. The van der Waals surface area contributed by atoms with Gasteiger partial charge in [-0.05, 0) is 25.1 Å². The van der Waals surface area contributed by atoms with E-state index in [0.29, 0.717) is 30.6 Å². The average molecular weight is 299 g/mol. The van der Waals surface area contributed by atoms with Gasteiger partial charge in [0.1, 0.15) is 13.2 Å². The lowest BCUT2D eigenvalue weighted by molar-refractivity contribution is 0.0708. The second kappa shape index (κ2) is 6.33. The Labute approximate surface area is 124 Å². The summed E-state index contributed by atoms with van der Waals surface area (Å²) in [4.78, 5) is 14.3. The molecule has 1 unspecified atom stereocenters. The zero-order valence-electron chi connectivity index (χ0n) is 11.4. The summed E-state index contributed by atoms with van der Waals surface area (Å²) in [5.74, 6) is 1.45. The zero-order chi connectivity index (χ0) is 13.2. The number of hydrogen-bond donors (Lipinski definition) is 1. The Morgan fingerprint density at radius 2 is 2.05 bits per heavy atom. The maximum atomic E-state index is 12.4. The first-order valence-corrected chi connectivity index (χ1v) is 6.66. The molecular weight excluding hydrogens is 280 g/mol. The standard InChI is InChI=1S/C14H18N2O3.ClH/c1-10-9-16(5-4-15-10)14(17)11-2-3-12-13(8-11)19-7-6-18-12;/h2-3,8,10,15H,4-7,9H2,1H3;1H. The fraction of sp³-hybridized carbons (Fsp3) is 0.500. The first kappa shape index (κ1) is 14.9. The highest BCUT2D eigenvalue weighted by molar-refractivity contribution is 5.95. The van der Waals surface area contributed by atoms with Crippen molar-refractivity contribution in [1.82, 2.24) is 10.2 Å². The van der Waals surface area contributed by atoms with Crippen LogP contribution in [0.1, 0.15) is 17.3 Å². The lowest BCUT2D eigenvalue weighted by atomic mass is 10.1. The minimum atomic E-state index is 0. The van der Waals surface area contributed by atoms with Crippen molar-refractivity contribution in [3.63, 3.8) is 0 Å². The third kappa shape index (κ3) is 2.99. The first-order chi connectivity index (χ1) is 9.24. The van der Waals surface area contributed by atoms with Gasteiger partial charge in [-0.3, -0.25) is 4.79 Å². The maximum absolute atomic E-state index is 12.4. The number of fused-ring (bicyclic) bond motifs is 1. The zero-order valence-corrected chi connectivity index (χ0v) is 12.2. The second-order valence-corrected chi connectivity index (χ2v) is 4.96. The molecule has 0 bridgehead atoms. The molecule has 1 aromatic rings. The Kier molecular flexibility index (Phi) is 4.73. The van der Waals surface area contributed by atoms with E-state index in [9.17, 15) is 4.79 Å². The third-order valence-electron chi connectivity index (χ3n) is 3.45. The van der Waals surface area contributed by atoms with Crippen LogP contribution in [0.25, 0.3) is 0 Å². The summed E-state index contributed by atoms with van der Waals surface area (Å²) in [6.07, 6.45) is 0. The molecule has 0 radical (unpaired) electrons. The monoisotopic (exact) mass is 298 g/mol. The van der Waals surface area contributed by atoms with Crippen molar-refractivity contribution in [2.24, 2.45) is 0 Å². The summed E-state index contributed by atoms with van der Waals surface area (Å²) in [7, 11) is 0. The molecule has 1 amide bonds. The molecule has 6 heteroatoms. The van der Waals surface area contributed by atoms with E-state index in [4.69, 9.17) is 9.47 Å². The molecule has 2 aliphatic heterocycles. The fourth-order valence-corrected chi connectivity index (χ4v) is 2.48. The Morgan fingerprint density at radius 3 is 2.80 bits per heavy atom. The number of piperazine rings is 1. The number of ether oxygens (including phenoxy) is 2. The number of amides is 1. The number of nitrogens with zero attached hydrogens (tertiary/aromatic N) is 1. The molecule has 0 aliphatic carbocycles. The van der Waals surface area contributed by atoms with E-state index in [1.807, 2.05) is 17.0 Å². The number of nitrogens with one attached hydrogen (secondary N) is 1. The lowest BCUT2D eigenvalue weighted by Crippen LogP contribution is -2.51. The Hall–Kier alpha value is -1.46. The molecule has 110 valence electrons. The number of hydrogen-bond acceptors (Lipinski definition) is 4. The van der Waals surface area contributed by atoms with Crippen LogP contribution in [0.4, 0.5) is 0 Å². The molecule has 20 heavy (non-hydrogen) atoms. The van der Waals surface area contributed by atoms with Crippen LogP contribution in [0.3, 0.4) is 0 Å². The van der Waals surface area contributed by atoms with Gasteiger partial charge in [0.25, 0.3) is 5.91 Å². The highest BCUT2D eigenvalue weighted by atomic mass is 35.5. The van der Waals surface area contributed by atoms with Crippen LogP contribution in [0.2, 0.25) is 0 Å². The number of rotatable bonds is 1. The molecule has 1 saturated heterocycles. The summed E-state index contributed by atoms with van der Waals surface area (Å²) in [5.41, 5.74) is 0.665. The number of benzene rings is 1. The van der Waals surface area contributed by atoms with Gasteiger partial charge in [-0.15, -0.1) is 12.4 Å². The molecule has 2 heterocycles.